The maximum atomic E-state index is 11.8. The molecule has 0 saturated heterocycles. The Bertz CT molecular complexity index is 634. The third-order valence-electron chi connectivity index (χ3n) is 2.18. The molecule has 100 valence electrons. The van der Waals surface area contributed by atoms with Crippen molar-refractivity contribution in [3.8, 4) is 0 Å². The van der Waals surface area contributed by atoms with Crippen molar-refractivity contribution < 1.29 is 18.7 Å². The molecular weight excluding hydrogens is 336 g/mol. The highest BCUT2D eigenvalue weighted by Crippen LogP contribution is 2.24. The number of amides is 1. The lowest BCUT2D eigenvalue weighted by molar-refractivity contribution is 0.0605. The van der Waals surface area contributed by atoms with Gasteiger partial charge in [0.2, 0.25) is 0 Å². The van der Waals surface area contributed by atoms with Gasteiger partial charge in [0.15, 0.2) is 15.6 Å². The number of anilines is 1. The number of halogens is 1. The van der Waals surface area contributed by atoms with E-state index in [-0.39, 0.29) is 5.76 Å². The monoisotopic (exact) mass is 344 g/mol. The Morgan fingerprint density at radius 1 is 1.47 bits per heavy atom. The lowest BCUT2D eigenvalue weighted by Crippen LogP contribution is -2.10. The Balaban J connectivity index is 2.16. The van der Waals surface area contributed by atoms with Crippen LogP contribution >= 0.6 is 27.3 Å². The van der Waals surface area contributed by atoms with E-state index in [1.165, 1.54) is 13.2 Å². The second kappa shape index (κ2) is 5.54. The van der Waals surface area contributed by atoms with Gasteiger partial charge in [-0.2, -0.15) is 0 Å². The molecule has 2 heterocycles. The van der Waals surface area contributed by atoms with Crippen LogP contribution in [0.15, 0.2) is 21.2 Å². The van der Waals surface area contributed by atoms with Crippen LogP contribution in [0.25, 0.3) is 0 Å². The summed E-state index contributed by atoms with van der Waals surface area (Å²) in [6.45, 7) is 1.67. The van der Waals surface area contributed by atoms with Crippen LogP contribution < -0.4 is 5.32 Å². The quantitative estimate of drug-likeness (QED) is 0.865. The van der Waals surface area contributed by atoms with E-state index in [4.69, 9.17) is 4.42 Å². The predicted molar refractivity (Wildman–Crippen MR) is 72.6 cm³/mol. The molecule has 0 radical (unpaired) electrons. The van der Waals surface area contributed by atoms with E-state index in [0.29, 0.717) is 20.4 Å². The lowest BCUT2D eigenvalue weighted by atomic mass is 10.4. The van der Waals surface area contributed by atoms with Crippen LogP contribution in [-0.2, 0) is 4.74 Å². The normalized spacial score (nSPS) is 10.3. The van der Waals surface area contributed by atoms with Gasteiger partial charge < -0.3 is 9.15 Å². The highest BCUT2D eigenvalue weighted by atomic mass is 79.9. The van der Waals surface area contributed by atoms with E-state index in [1.807, 2.05) is 0 Å². The van der Waals surface area contributed by atoms with Crippen molar-refractivity contribution in [3.63, 3.8) is 0 Å². The average molecular weight is 345 g/mol. The van der Waals surface area contributed by atoms with Crippen LogP contribution in [0.4, 0.5) is 5.13 Å². The van der Waals surface area contributed by atoms with E-state index < -0.39 is 11.9 Å². The van der Waals surface area contributed by atoms with Gasteiger partial charge >= 0.3 is 5.97 Å². The number of aryl methyl sites for hydroxylation is 1. The predicted octanol–water partition coefficient (Wildman–Crippen LogP) is 2.85. The molecule has 0 atom stereocenters. The lowest BCUT2D eigenvalue weighted by Gasteiger charge is -1.96. The molecule has 19 heavy (non-hydrogen) atoms. The summed E-state index contributed by atoms with van der Waals surface area (Å²) >= 11 is 4.16. The van der Waals surface area contributed by atoms with Crippen LogP contribution in [0, 0.1) is 6.92 Å². The summed E-state index contributed by atoms with van der Waals surface area (Å²) in [6.07, 6.45) is 0. The van der Waals surface area contributed by atoms with Gasteiger partial charge in [-0.3, -0.25) is 10.1 Å². The fourth-order valence-corrected chi connectivity index (χ4v) is 2.51. The fourth-order valence-electron chi connectivity index (χ4n) is 1.33. The van der Waals surface area contributed by atoms with Crippen molar-refractivity contribution in [2.24, 2.45) is 0 Å². The Morgan fingerprint density at radius 3 is 2.79 bits per heavy atom. The smallest absolute Gasteiger partial charge is 0.350 e. The largest absolute Gasteiger partial charge is 0.465 e. The molecule has 0 bridgehead atoms. The summed E-state index contributed by atoms with van der Waals surface area (Å²) in [6, 6.07) is 3.14. The minimum absolute atomic E-state index is 0.152. The van der Waals surface area contributed by atoms with E-state index in [2.05, 4.69) is 31.0 Å². The van der Waals surface area contributed by atoms with Gasteiger partial charge in [-0.05, 0) is 35.0 Å². The molecule has 8 heteroatoms. The highest BCUT2D eigenvalue weighted by molar-refractivity contribution is 9.10. The number of carbonyl (C=O) groups is 2. The second-order valence-corrected chi connectivity index (χ2v) is 5.26. The summed E-state index contributed by atoms with van der Waals surface area (Å²) in [5.74, 6) is -0.758. The van der Waals surface area contributed by atoms with Crippen LogP contribution in [-0.4, -0.2) is 24.0 Å². The number of furan rings is 1. The topological polar surface area (TPSA) is 81.4 Å². The maximum absolute atomic E-state index is 11.8. The summed E-state index contributed by atoms with van der Waals surface area (Å²) in [7, 11) is 1.29. The molecule has 1 N–H and O–H groups in total. The molecule has 2 aromatic heterocycles. The molecule has 2 aromatic rings. The molecule has 0 aromatic carbocycles. The molecule has 0 aliphatic carbocycles. The second-order valence-electron chi connectivity index (χ2n) is 3.48. The number of nitrogens with zero attached hydrogens (tertiary/aromatic N) is 1. The van der Waals surface area contributed by atoms with Gasteiger partial charge in [-0.1, -0.05) is 11.3 Å². The van der Waals surface area contributed by atoms with Gasteiger partial charge in [0.05, 0.1) is 12.8 Å². The number of aromatic nitrogens is 1. The Labute approximate surface area is 120 Å². The van der Waals surface area contributed by atoms with Gasteiger partial charge in [0.25, 0.3) is 5.91 Å². The van der Waals surface area contributed by atoms with Gasteiger partial charge in [-0.25, -0.2) is 9.78 Å². The molecule has 0 aliphatic heterocycles. The minimum atomic E-state index is -0.476. The van der Waals surface area contributed by atoms with Crippen molar-refractivity contribution in [1.82, 2.24) is 4.98 Å². The van der Waals surface area contributed by atoms with Gasteiger partial charge in [0.1, 0.15) is 4.88 Å². The van der Waals surface area contributed by atoms with Crippen LogP contribution in [0.2, 0.25) is 0 Å². The molecule has 0 unspecified atom stereocenters. The van der Waals surface area contributed by atoms with Gasteiger partial charge in [0, 0.05) is 0 Å². The third-order valence-corrected chi connectivity index (χ3v) is 3.66. The van der Waals surface area contributed by atoms with Crippen molar-refractivity contribution >= 4 is 44.3 Å². The molecule has 0 aliphatic rings. The Morgan fingerprint density at radius 2 is 2.21 bits per heavy atom. The SMILES string of the molecule is COC(=O)c1sc(NC(=O)c2ccc(Br)o2)nc1C. The van der Waals surface area contributed by atoms with Crippen LogP contribution in [0.3, 0.4) is 0 Å². The third kappa shape index (κ3) is 3.02. The number of carbonyl (C=O) groups excluding carboxylic acids is 2. The number of hydrogen-bond donors (Lipinski definition) is 1. The molecule has 1 amide bonds. The number of rotatable bonds is 3. The zero-order valence-corrected chi connectivity index (χ0v) is 12.4. The molecule has 0 fully saturated rings. The maximum Gasteiger partial charge on any atom is 0.350 e. The number of ether oxygens (including phenoxy) is 1. The fraction of sp³-hybridized carbons (Fsp3) is 0.182. The first kappa shape index (κ1) is 13.8. The first-order valence-corrected chi connectivity index (χ1v) is 6.74. The summed E-state index contributed by atoms with van der Waals surface area (Å²) < 4.78 is 10.2. The number of methoxy groups -OCH3 is 1. The number of nitrogens with one attached hydrogen (secondary N) is 1. The van der Waals surface area contributed by atoms with Crippen LogP contribution in [0.5, 0.6) is 0 Å². The van der Waals surface area contributed by atoms with E-state index in [0.717, 1.165) is 11.3 Å². The van der Waals surface area contributed by atoms with Crippen molar-refractivity contribution in [2.45, 2.75) is 6.92 Å². The van der Waals surface area contributed by atoms with Crippen molar-refractivity contribution in [2.75, 3.05) is 12.4 Å². The Hall–Kier alpha value is -1.67. The summed E-state index contributed by atoms with van der Waals surface area (Å²) in [5.41, 5.74) is 0.507. The standard InChI is InChI=1S/C11H9BrN2O4S/c1-5-8(10(16)17-2)19-11(13-5)14-9(15)6-3-4-7(12)18-6/h3-4H,1-2H3,(H,13,14,15). The molecule has 2 rings (SSSR count). The average Bonchev–Trinajstić information content (AvgIpc) is 2.95. The first-order valence-electron chi connectivity index (χ1n) is 5.13. The molecule has 0 saturated carbocycles. The zero-order chi connectivity index (χ0) is 14.0. The van der Waals surface area contributed by atoms with E-state index >= 15 is 0 Å². The number of thiazole rings is 1. The number of esters is 1. The Kier molecular flexibility index (Phi) is 4.01. The first-order chi connectivity index (χ1) is 9.01. The summed E-state index contributed by atoms with van der Waals surface area (Å²) in [5, 5.41) is 2.87. The minimum Gasteiger partial charge on any atom is -0.465 e. The molecular formula is C11H9BrN2O4S. The van der Waals surface area contributed by atoms with Crippen molar-refractivity contribution in [1.29, 1.82) is 0 Å². The molecule has 6 nitrogen and oxygen atoms in total. The number of hydrogen-bond acceptors (Lipinski definition) is 6. The van der Waals surface area contributed by atoms with Crippen molar-refractivity contribution in [3.05, 3.63) is 33.1 Å². The van der Waals surface area contributed by atoms with Crippen LogP contribution in [0.1, 0.15) is 25.9 Å². The zero-order valence-electron chi connectivity index (χ0n) is 10.0. The van der Waals surface area contributed by atoms with Gasteiger partial charge in [-0.15, -0.1) is 0 Å². The summed E-state index contributed by atoms with van der Waals surface area (Å²) in [4.78, 5) is 27.7. The highest BCUT2D eigenvalue weighted by Gasteiger charge is 2.18. The van der Waals surface area contributed by atoms with E-state index in [9.17, 15) is 9.59 Å². The van der Waals surface area contributed by atoms with E-state index in [1.54, 1.807) is 13.0 Å². The molecule has 0 spiro atoms.